The number of carboxylic acids is 1. The van der Waals surface area contributed by atoms with Gasteiger partial charge in [-0.2, -0.15) is 0 Å². The average molecular weight is 373 g/mol. The summed E-state index contributed by atoms with van der Waals surface area (Å²) < 4.78 is 0. The number of carbonyl (C=O) groups is 3. The van der Waals surface area contributed by atoms with E-state index >= 15 is 0 Å². The van der Waals surface area contributed by atoms with Crippen LogP contribution in [-0.2, 0) is 9.59 Å². The van der Waals surface area contributed by atoms with Gasteiger partial charge in [-0.05, 0) is 6.42 Å². The molecule has 0 aliphatic rings. The summed E-state index contributed by atoms with van der Waals surface area (Å²) in [7, 11) is 0. The number of carboxylic acid groups (broad SMARTS) is 2. The number of imide groups is 1. The largest absolute Gasteiger partial charge is 0.480 e. The van der Waals surface area contributed by atoms with Crippen LogP contribution in [0.4, 0.5) is 4.79 Å². The molecule has 0 heterocycles. The van der Waals surface area contributed by atoms with Crippen LogP contribution in [-0.4, -0.2) is 50.8 Å². The van der Waals surface area contributed by atoms with Crippen molar-refractivity contribution < 1.29 is 29.7 Å². The van der Waals surface area contributed by atoms with Gasteiger partial charge in [0.2, 0.25) is 5.91 Å². The number of nitrogens with zero attached hydrogens (tertiary/aromatic N) is 1. The van der Waals surface area contributed by atoms with Gasteiger partial charge < -0.3 is 15.3 Å². The molecule has 0 unspecified atom stereocenters. The molecule has 0 aromatic heterocycles. The van der Waals surface area contributed by atoms with Gasteiger partial charge in [0.15, 0.2) is 0 Å². The molecule has 0 aliphatic heterocycles. The predicted octanol–water partition coefficient (Wildman–Crippen LogP) is 4.03. The standard InChI is InChI=1S/C19H35NO6/c1-2-3-4-5-6-7-8-9-10-11-12-13-17(22)20(19(25)26)16(14-15-21)18(23)24/h16,21H,2-15H2,1H3,(H,23,24)(H,25,26)/t16-/m0/s1. The molecule has 0 saturated heterocycles. The Kier molecular flexibility index (Phi) is 14.6. The molecule has 26 heavy (non-hydrogen) atoms. The summed E-state index contributed by atoms with van der Waals surface area (Å²) in [4.78, 5) is 34.8. The number of aliphatic carboxylic acids is 1. The van der Waals surface area contributed by atoms with E-state index in [0.29, 0.717) is 11.3 Å². The fourth-order valence-corrected chi connectivity index (χ4v) is 2.96. The molecule has 0 saturated carbocycles. The number of carbonyl (C=O) groups excluding carboxylic acids is 1. The number of hydrogen-bond donors (Lipinski definition) is 3. The first-order valence-corrected chi connectivity index (χ1v) is 9.84. The quantitative estimate of drug-likeness (QED) is 0.352. The Morgan fingerprint density at radius 3 is 1.65 bits per heavy atom. The molecule has 0 rings (SSSR count). The zero-order chi connectivity index (χ0) is 19.8. The predicted molar refractivity (Wildman–Crippen MR) is 99.1 cm³/mol. The van der Waals surface area contributed by atoms with Gasteiger partial charge in [0.05, 0.1) is 0 Å². The zero-order valence-corrected chi connectivity index (χ0v) is 16.0. The summed E-state index contributed by atoms with van der Waals surface area (Å²) in [6.07, 6.45) is 10.5. The van der Waals surface area contributed by atoms with Crippen LogP contribution in [0.5, 0.6) is 0 Å². The van der Waals surface area contributed by atoms with E-state index in [-0.39, 0.29) is 12.8 Å². The summed E-state index contributed by atoms with van der Waals surface area (Å²) in [5.74, 6) is -2.14. The van der Waals surface area contributed by atoms with E-state index in [1.165, 1.54) is 44.9 Å². The number of aliphatic hydroxyl groups excluding tert-OH is 1. The molecule has 7 heteroatoms. The molecular formula is C19H35NO6. The molecule has 3 N–H and O–H groups in total. The molecule has 0 bridgehead atoms. The number of hydrogen-bond acceptors (Lipinski definition) is 4. The SMILES string of the molecule is CCCCCCCCCCCCCC(=O)N(C(=O)O)[C@@H](CCO)C(=O)O. The lowest BCUT2D eigenvalue weighted by Crippen LogP contribution is -2.48. The van der Waals surface area contributed by atoms with Crippen LogP contribution >= 0.6 is 0 Å². The molecule has 152 valence electrons. The number of unbranched alkanes of at least 4 members (excludes halogenated alkanes) is 10. The molecule has 2 amide bonds. The Balaban J connectivity index is 3.97. The van der Waals surface area contributed by atoms with E-state index in [1.54, 1.807) is 0 Å². The average Bonchev–Trinajstić information content (AvgIpc) is 2.58. The fraction of sp³-hybridized carbons (Fsp3) is 0.842. The highest BCUT2D eigenvalue weighted by molar-refractivity contribution is 5.95. The highest BCUT2D eigenvalue weighted by Gasteiger charge is 2.33. The van der Waals surface area contributed by atoms with E-state index in [9.17, 15) is 14.4 Å². The van der Waals surface area contributed by atoms with E-state index in [1.807, 2.05) is 0 Å². The molecule has 0 aromatic rings. The lowest BCUT2D eigenvalue weighted by Gasteiger charge is -2.23. The van der Waals surface area contributed by atoms with Crippen LogP contribution in [0.1, 0.15) is 90.4 Å². The second-order valence-corrected chi connectivity index (χ2v) is 6.70. The van der Waals surface area contributed by atoms with Gasteiger partial charge in [-0.3, -0.25) is 4.79 Å². The molecule has 0 aromatic carbocycles. The minimum atomic E-state index is -1.58. The van der Waals surface area contributed by atoms with Gasteiger partial charge in [0, 0.05) is 19.4 Å². The monoisotopic (exact) mass is 373 g/mol. The molecular weight excluding hydrogens is 338 g/mol. The maximum atomic E-state index is 12.1. The summed E-state index contributed by atoms with van der Waals surface area (Å²) in [6.45, 7) is 1.71. The maximum Gasteiger partial charge on any atom is 0.414 e. The van der Waals surface area contributed by atoms with Crippen molar-refractivity contribution in [1.29, 1.82) is 0 Å². The molecule has 0 fully saturated rings. The van der Waals surface area contributed by atoms with Gasteiger partial charge in [0.25, 0.3) is 0 Å². The molecule has 0 aliphatic carbocycles. The van der Waals surface area contributed by atoms with Crippen molar-refractivity contribution in [2.45, 2.75) is 96.4 Å². The maximum absolute atomic E-state index is 12.1. The number of aliphatic hydroxyl groups is 1. The van der Waals surface area contributed by atoms with Gasteiger partial charge in [-0.25, -0.2) is 14.5 Å². The van der Waals surface area contributed by atoms with Gasteiger partial charge in [-0.15, -0.1) is 0 Å². The van der Waals surface area contributed by atoms with E-state index < -0.39 is 30.6 Å². The lowest BCUT2D eigenvalue weighted by atomic mass is 10.0. The van der Waals surface area contributed by atoms with Crippen LogP contribution in [0.25, 0.3) is 0 Å². The molecule has 0 radical (unpaired) electrons. The third-order valence-corrected chi connectivity index (χ3v) is 4.47. The number of rotatable bonds is 16. The summed E-state index contributed by atoms with van der Waals surface area (Å²) >= 11 is 0. The first-order chi connectivity index (χ1) is 12.5. The summed E-state index contributed by atoms with van der Waals surface area (Å²) in [6, 6.07) is -1.53. The highest BCUT2D eigenvalue weighted by atomic mass is 16.4. The third-order valence-electron chi connectivity index (χ3n) is 4.47. The van der Waals surface area contributed by atoms with Gasteiger partial charge in [-0.1, -0.05) is 71.1 Å². The van der Waals surface area contributed by atoms with E-state index in [0.717, 1.165) is 19.3 Å². The van der Waals surface area contributed by atoms with Crippen molar-refractivity contribution in [2.24, 2.45) is 0 Å². The first-order valence-electron chi connectivity index (χ1n) is 9.84. The molecule has 0 spiro atoms. The van der Waals surface area contributed by atoms with Crippen molar-refractivity contribution in [3.63, 3.8) is 0 Å². The van der Waals surface area contributed by atoms with Crippen LogP contribution < -0.4 is 0 Å². The van der Waals surface area contributed by atoms with E-state index in [2.05, 4.69) is 6.92 Å². The molecule has 7 nitrogen and oxygen atoms in total. The van der Waals surface area contributed by atoms with Crippen molar-refractivity contribution in [3.8, 4) is 0 Å². The fourth-order valence-electron chi connectivity index (χ4n) is 2.96. The van der Waals surface area contributed by atoms with E-state index in [4.69, 9.17) is 15.3 Å². The second kappa shape index (κ2) is 15.6. The highest BCUT2D eigenvalue weighted by Crippen LogP contribution is 2.14. The Morgan fingerprint density at radius 1 is 0.808 bits per heavy atom. The van der Waals surface area contributed by atoms with Crippen LogP contribution in [0, 0.1) is 0 Å². The summed E-state index contributed by atoms with van der Waals surface area (Å²) in [5, 5.41) is 27.1. The van der Waals surface area contributed by atoms with Crippen molar-refractivity contribution in [3.05, 3.63) is 0 Å². The van der Waals surface area contributed by atoms with Crippen molar-refractivity contribution in [1.82, 2.24) is 4.90 Å². The van der Waals surface area contributed by atoms with Crippen LogP contribution in [0.15, 0.2) is 0 Å². The third kappa shape index (κ3) is 11.1. The summed E-state index contributed by atoms with van der Waals surface area (Å²) in [5.41, 5.74) is 0. The van der Waals surface area contributed by atoms with Crippen molar-refractivity contribution >= 4 is 18.0 Å². The Morgan fingerprint density at radius 2 is 1.27 bits per heavy atom. The number of amides is 2. The molecule has 1 atom stereocenters. The van der Waals surface area contributed by atoms with Crippen molar-refractivity contribution in [2.75, 3.05) is 6.61 Å². The Labute approximate surface area is 156 Å². The van der Waals surface area contributed by atoms with Crippen LogP contribution in [0.2, 0.25) is 0 Å². The smallest absolute Gasteiger partial charge is 0.414 e. The second-order valence-electron chi connectivity index (χ2n) is 6.70. The van der Waals surface area contributed by atoms with Crippen LogP contribution in [0.3, 0.4) is 0 Å². The minimum absolute atomic E-state index is 0.0124. The Bertz CT molecular complexity index is 413. The normalized spacial score (nSPS) is 11.9. The first kappa shape index (κ1) is 24.4. The van der Waals surface area contributed by atoms with Gasteiger partial charge >= 0.3 is 12.1 Å². The lowest BCUT2D eigenvalue weighted by molar-refractivity contribution is -0.149. The minimum Gasteiger partial charge on any atom is -0.480 e. The topological polar surface area (TPSA) is 115 Å². The van der Waals surface area contributed by atoms with Gasteiger partial charge in [0.1, 0.15) is 6.04 Å². The zero-order valence-electron chi connectivity index (χ0n) is 16.0. The Hall–Kier alpha value is -1.63.